The molecule has 0 amide bonds. The van der Waals surface area contributed by atoms with Crippen molar-refractivity contribution >= 4 is 11.7 Å². The van der Waals surface area contributed by atoms with E-state index in [0.717, 1.165) is 11.3 Å². The van der Waals surface area contributed by atoms with Crippen molar-refractivity contribution in [3.63, 3.8) is 0 Å². The number of hydrogen-bond donors (Lipinski definition) is 0. The largest absolute Gasteiger partial charge is 0.469 e. The third-order valence-corrected chi connectivity index (χ3v) is 2.77. The van der Waals surface area contributed by atoms with Gasteiger partial charge < -0.3 is 9.57 Å². The standard InChI is InChI=1S/C13H15NO3/c1-16-13(15)11-7-12(8-11)14-17-9-10-5-3-2-4-6-10/h2-6,11H,7-9H2,1H3. The Labute approximate surface area is 100 Å². The molecule has 0 saturated heterocycles. The second kappa shape index (κ2) is 5.48. The highest BCUT2D eigenvalue weighted by molar-refractivity contribution is 5.97. The molecule has 0 heterocycles. The van der Waals surface area contributed by atoms with E-state index in [9.17, 15) is 4.79 Å². The number of rotatable bonds is 4. The Morgan fingerprint density at radius 1 is 1.35 bits per heavy atom. The average Bonchev–Trinajstić information content (AvgIpc) is 2.32. The number of hydrogen-bond acceptors (Lipinski definition) is 4. The van der Waals surface area contributed by atoms with Crippen LogP contribution in [0.15, 0.2) is 35.5 Å². The molecule has 1 aromatic carbocycles. The van der Waals surface area contributed by atoms with Crippen LogP contribution in [0.25, 0.3) is 0 Å². The molecule has 0 radical (unpaired) electrons. The fraction of sp³-hybridized carbons (Fsp3) is 0.385. The third-order valence-electron chi connectivity index (χ3n) is 2.77. The predicted molar refractivity (Wildman–Crippen MR) is 63.4 cm³/mol. The Morgan fingerprint density at radius 3 is 2.71 bits per heavy atom. The van der Waals surface area contributed by atoms with Gasteiger partial charge in [-0.15, -0.1) is 0 Å². The second-order valence-corrected chi connectivity index (χ2v) is 4.04. The molecule has 0 unspecified atom stereocenters. The summed E-state index contributed by atoms with van der Waals surface area (Å²) in [5.41, 5.74) is 2.01. The molecule has 2 rings (SSSR count). The summed E-state index contributed by atoms with van der Waals surface area (Å²) in [7, 11) is 1.41. The van der Waals surface area contributed by atoms with Gasteiger partial charge in [0.1, 0.15) is 6.61 Å². The lowest BCUT2D eigenvalue weighted by molar-refractivity contribution is -0.145. The molecule has 4 heteroatoms. The van der Waals surface area contributed by atoms with Crippen molar-refractivity contribution in [3.8, 4) is 0 Å². The number of ether oxygens (including phenoxy) is 1. The topological polar surface area (TPSA) is 47.9 Å². The quantitative estimate of drug-likeness (QED) is 0.591. The Balaban J connectivity index is 1.72. The van der Waals surface area contributed by atoms with Gasteiger partial charge in [-0.1, -0.05) is 35.5 Å². The summed E-state index contributed by atoms with van der Waals surface area (Å²) < 4.78 is 4.64. The van der Waals surface area contributed by atoms with Crippen LogP contribution in [0, 0.1) is 5.92 Å². The van der Waals surface area contributed by atoms with E-state index < -0.39 is 0 Å². The van der Waals surface area contributed by atoms with E-state index in [1.165, 1.54) is 7.11 Å². The van der Waals surface area contributed by atoms with Crippen molar-refractivity contribution in [2.24, 2.45) is 11.1 Å². The molecule has 90 valence electrons. The summed E-state index contributed by atoms with van der Waals surface area (Å²) in [5, 5.41) is 4.00. The van der Waals surface area contributed by atoms with Crippen LogP contribution in [-0.2, 0) is 21.0 Å². The summed E-state index contributed by atoms with van der Waals surface area (Å²) in [4.78, 5) is 16.3. The number of carbonyl (C=O) groups is 1. The van der Waals surface area contributed by atoms with Crippen molar-refractivity contribution in [2.45, 2.75) is 19.4 Å². The molecular weight excluding hydrogens is 218 g/mol. The lowest BCUT2D eigenvalue weighted by Crippen LogP contribution is -2.31. The number of oxime groups is 1. The van der Waals surface area contributed by atoms with E-state index in [-0.39, 0.29) is 11.9 Å². The first-order valence-corrected chi connectivity index (χ1v) is 5.59. The summed E-state index contributed by atoms with van der Waals surface area (Å²) >= 11 is 0. The molecule has 1 saturated carbocycles. The molecule has 17 heavy (non-hydrogen) atoms. The lowest BCUT2D eigenvalue weighted by Gasteiger charge is -2.24. The van der Waals surface area contributed by atoms with Crippen molar-refractivity contribution in [3.05, 3.63) is 35.9 Å². The summed E-state index contributed by atoms with van der Waals surface area (Å²) in [6.07, 6.45) is 1.31. The van der Waals surface area contributed by atoms with E-state index in [1.54, 1.807) is 0 Å². The smallest absolute Gasteiger partial charge is 0.309 e. The molecule has 4 nitrogen and oxygen atoms in total. The van der Waals surface area contributed by atoms with Crippen LogP contribution in [0.1, 0.15) is 18.4 Å². The van der Waals surface area contributed by atoms with E-state index in [0.29, 0.717) is 19.4 Å². The van der Waals surface area contributed by atoms with Gasteiger partial charge in [0.15, 0.2) is 0 Å². The lowest BCUT2D eigenvalue weighted by atomic mass is 9.83. The maximum atomic E-state index is 11.1. The van der Waals surface area contributed by atoms with Crippen molar-refractivity contribution in [2.75, 3.05) is 7.11 Å². The minimum Gasteiger partial charge on any atom is -0.469 e. The zero-order valence-corrected chi connectivity index (χ0v) is 9.76. The zero-order chi connectivity index (χ0) is 12.1. The average molecular weight is 233 g/mol. The number of methoxy groups -OCH3 is 1. The van der Waals surface area contributed by atoms with Gasteiger partial charge in [0.05, 0.1) is 18.7 Å². The van der Waals surface area contributed by atoms with E-state index in [4.69, 9.17) is 4.84 Å². The fourth-order valence-electron chi connectivity index (χ4n) is 1.69. The molecule has 1 fully saturated rings. The van der Waals surface area contributed by atoms with Gasteiger partial charge in [-0.25, -0.2) is 0 Å². The fourth-order valence-corrected chi connectivity index (χ4v) is 1.69. The first kappa shape index (κ1) is 11.6. The molecule has 0 bridgehead atoms. The van der Waals surface area contributed by atoms with Crippen molar-refractivity contribution in [1.29, 1.82) is 0 Å². The highest BCUT2D eigenvalue weighted by Gasteiger charge is 2.32. The minimum atomic E-state index is -0.160. The van der Waals surface area contributed by atoms with Gasteiger partial charge in [-0.05, 0) is 5.56 Å². The van der Waals surface area contributed by atoms with Gasteiger partial charge in [0.25, 0.3) is 0 Å². The van der Waals surface area contributed by atoms with Gasteiger partial charge in [0.2, 0.25) is 0 Å². The van der Waals surface area contributed by atoms with Crippen LogP contribution in [0.5, 0.6) is 0 Å². The number of carbonyl (C=O) groups excluding carboxylic acids is 1. The molecule has 0 N–H and O–H groups in total. The van der Waals surface area contributed by atoms with Crippen molar-refractivity contribution in [1.82, 2.24) is 0 Å². The summed E-state index contributed by atoms with van der Waals surface area (Å²) in [6.45, 7) is 0.466. The molecule has 0 atom stereocenters. The van der Waals surface area contributed by atoms with Gasteiger partial charge in [-0.2, -0.15) is 0 Å². The predicted octanol–water partition coefficient (Wildman–Crippen LogP) is 2.14. The Kier molecular flexibility index (Phi) is 3.75. The van der Waals surface area contributed by atoms with Gasteiger partial charge >= 0.3 is 5.97 Å². The van der Waals surface area contributed by atoms with Crippen LogP contribution in [0.2, 0.25) is 0 Å². The molecule has 1 aromatic rings. The van der Waals surface area contributed by atoms with Crippen LogP contribution in [0.3, 0.4) is 0 Å². The van der Waals surface area contributed by atoms with Gasteiger partial charge in [-0.3, -0.25) is 4.79 Å². The Morgan fingerprint density at radius 2 is 2.06 bits per heavy atom. The number of esters is 1. The van der Waals surface area contributed by atoms with Crippen molar-refractivity contribution < 1.29 is 14.4 Å². The molecule has 0 spiro atoms. The van der Waals surface area contributed by atoms with E-state index in [1.807, 2.05) is 30.3 Å². The maximum absolute atomic E-state index is 11.1. The minimum absolute atomic E-state index is 0.0286. The third kappa shape index (κ3) is 3.06. The molecule has 1 aliphatic carbocycles. The van der Waals surface area contributed by atoms with Crippen LogP contribution >= 0.6 is 0 Å². The highest BCUT2D eigenvalue weighted by Crippen LogP contribution is 2.25. The first-order valence-electron chi connectivity index (χ1n) is 5.59. The SMILES string of the molecule is COC(=O)C1CC(=NOCc2ccccc2)C1. The maximum Gasteiger partial charge on any atom is 0.309 e. The first-order chi connectivity index (χ1) is 8.29. The molecule has 1 aliphatic rings. The summed E-state index contributed by atoms with van der Waals surface area (Å²) in [6, 6.07) is 9.85. The van der Waals surface area contributed by atoms with Crippen LogP contribution < -0.4 is 0 Å². The number of benzene rings is 1. The normalized spacial score (nSPS) is 18.2. The number of nitrogens with zero attached hydrogens (tertiary/aromatic N) is 1. The molecule has 0 aromatic heterocycles. The second-order valence-electron chi connectivity index (χ2n) is 4.04. The van der Waals surface area contributed by atoms with E-state index >= 15 is 0 Å². The molecular formula is C13H15NO3. The Bertz CT molecular complexity index is 406. The van der Waals surface area contributed by atoms with E-state index in [2.05, 4.69) is 9.89 Å². The zero-order valence-electron chi connectivity index (χ0n) is 9.76. The summed E-state index contributed by atoms with van der Waals surface area (Å²) in [5.74, 6) is -0.189. The Hall–Kier alpha value is -1.84. The van der Waals surface area contributed by atoms with Gasteiger partial charge in [0, 0.05) is 12.8 Å². The molecule has 0 aliphatic heterocycles. The van der Waals surface area contributed by atoms with Crippen LogP contribution in [0.4, 0.5) is 0 Å². The highest BCUT2D eigenvalue weighted by atomic mass is 16.6. The van der Waals surface area contributed by atoms with Crippen LogP contribution in [-0.4, -0.2) is 18.8 Å². The monoisotopic (exact) mass is 233 g/mol.